The number of benzene rings is 1. The van der Waals surface area contributed by atoms with Crippen LogP contribution in [0.4, 0.5) is 5.69 Å². The Morgan fingerprint density at radius 2 is 1.92 bits per heavy atom. The fraction of sp³-hybridized carbons (Fsp3) is 0.333. The second-order valence-electron chi connectivity index (χ2n) is 5.24. The van der Waals surface area contributed by atoms with Crippen LogP contribution in [0.5, 0.6) is 0 Å². The van der Waals surface area contributed by atoms with E-state index in [2.05, 4.69) is 4.98 Å². The maximum Gasteiger partial charge on any atom is 0.345 e. The lowest BCUT2D eigenvalue weighted by molar-refractivity contribution is -0.119. The van der Waals surface area contributed by atoms with E-state index in [1.54, 1.807) is 18.1 Å². The SMILES string of the molecule is CCOC(=O)c1cnc(SC)n(CC(=O)N(CC)c2ccccc2)c1=O. The Labute approximate surface area is 156 Å². The molecule has 0 saturated carbocycles. The molecule has 0 bridgehead atoms. The van der Waals surface area contributed by atoms with Gasteiger partial charge >= 0.3 is 5.97 Å². The van der Waals surface area contributed by atoms with E-state index < -0.39 is 11.5 Å². The van der Waals surface area contributed by atoms with Crippen molar-refractivity contribution >= 4 is 29.3 Å². The third kappa shape index (κ3) is 4.32. The number of likely N-dealkylation sites (N-methyl/N-ethyl adjacent to an activating group) is 1. The summed E-state index contributed by atoms with van der Waals surface area (Å²) < 4.78 is 6.10. The number of amides is 1. The summed E-state index contributed by atoms with van der Waals surface area (Å²) in [7, 11) is 0. The number of carbonyl (C=O) groups is 2. The van der Waals surface area contributed by atoms with E-state index in [-0.39, 0.29) is 24.6 Å². The summed E-state index contributed by atoms with van der Waals surface area (Å²) in [6.45, 7) is 3.91. The highest BCUT2D eigenvalue weighted by molar-refractivity contribution is 7.98. The summed E-state index contributed by atoms with van der Waals surface area (Å²) in [5.74, 6) is -1.01. The van der Waals surface area contributed by atoms with Gasteiger partial charge < -0.3 is 9.64 Å². The molecule has 0 unspecified atom stereocenters. The van der Waals surface area contributed by atoms with Crippen LogP contribution in [0.1, 0.15) is 24.2 Å². The van der Waals surface area contributed by atoms with E-state index in [4.69, 9.17) is 4.74 Å². The van der Waals surface area contributed by atoms with Gasteiger partial charge in [-0.3, -0.25) is 14.2 Å². The minimum atomic E-state index is -0.741. The van der Waals surface area contributed by atoms with Crippen molar-refractivity contribution in [3.05, 3.63) is 52.4 Å². The molecular formula is C18H21N3O4S. The molecule has 2 rings (SSSR count). The molecule has 138 valence electrons. The highest BCUT2D eigenvalue weighted by Gasteiger charge is 2.21. The monoisotopic (exact) mass is 375 g/mol. The van der Waals surface area contributed by atoms with Crippen molar-refractivity contribution in [1.82, 2.24) is 9.55 Å². The Balaban J connectivity index is 2.38. The average Bonchev–Trinajstić information content (AvgIpc) is 2.65. The molecule has 1 amide bonds. The van der Waals surface area contributed by atoms with Crippen molar-refractivity contribution in [2.24, 2.45) is 0 Å². The highest BCUT2D eigenvalue weighted by Crippen LogP contribution is 2.15. The number of anilines is 1. The molecule has 0 N–H and O–H groups in total. The van der Waals surface area contributed by atoms with Crippen LogP contribution < -0.4 is 10.5 Å². The number of carbonyl (C=O) groups excluding carboxylic acids is 2. The zero-order valence-corrected chi connectivity index (χ0v) is 15.8. The summed E-state index contributed by atoms with van der Waals surface area (Å²) in [6.07, 6.45) is 2.95. The zero-order valence-electron chi connectivity index (χ0n) is 15.0. The molecule has 26 heavy (non-hydrogen) atoms. The fourth-order valence-electron chi connectivity index (χ4n) is 2.46. The van der Waals surface area contributed by atoms with E-state index in [1.165, 1.54) is 22.5 Å². The van der Waals surface area contributed by atoms with Gasteiger partial charge in [-0.1, -0.05) is 30.0 Å². The number of esters is 1. The van der Waals surface area contributed by atoms with Crippen molar-refractivity contribution in [2.75, 3.05) is 24.3 Å². The van der Waals surface area contributed by atoms with Crippen LogP contribution in [0.15, 0.2) is 46.5 Å². The third-order valence-corrected chi connectivity index (χ3v) is 4.36. The van der Waals surface area contributed by atoms with E-state index in [1.807, 2.05) is 37.3 Å². The Kier molecular flexibility index (Phi) is 6.97. The number of hydrogen-bond acceptors (Lipinski definition) is 6. The van der Waals surface area contributed by atoms with Crippen LogP contribution in [0.2, 0.25) is 0 Å². The number of ether oxygens (including phenoxy) is 1. The Morgan fingerprint density at radius 1 is 1.23 bits per heavy atom. The molecule has 1 heterocycles. The normalized spacial score (nSPS) is 10.4. The quantitative estimate of drug-likeness (QED) is 0.419. The Bertz CT molecular complexity index is 836. The molecule has 0 aliphatic rings. The predicted octanol–water partition coefficient (Wildman–Crippen LogP) is 2.20. The Hall–Kier alpha value is -2.61. The number of hydrogen-bond donors (Lipinski definition) is 0. The number of thioether (sulfide) groups is 1. The van der Waals surface area contributed by atoms with Crippen LogP contribution in [0, 0.1) is 0 Å². The lowest BCUT2D eigenvalue weighted by Crippen LogP contribution is -2.38. The van der Waals surface area contributed by atoms with Crippen molar-refractivity contribution < 1.29 is 14.3 Å². The van der Waals surface area contributed by atoms with Gasteiger partial charge in [-0.05, 0) is 32.2 Å². The molecule has 0 spiro atoms. The molecule has 1 aromatic carbocycles. The lowest BCUT2D eigenvalue weighted by Gasteiger charge is -2.22. The summed E-state index contributed by atoms with van der Waals surface area (Å²) in [6, 6.07) is 9.20. The first-order chi connectivity index (χ1) is 12.5. The van der Waals surface area contributed by atoms with E-state index >= 15 is 0 Å². The van der Waals surface area contributed by atoms with Crippen LogP contribution in [0.3, 0.4) is 0 Å². The first kappa shape index (κ1) is 19.7. The minimum absolute atomic E-state index is 0.152. The van der Waals surface area contributed by atoms with Gasteiger partial charge in [0.25, 0.3) is 5.56 Å². The Morgan fingerprint density at radius 3 is 2.50 bits per heavy atom. The predicted molar refractivity (Wildman–Crippen MR) is 101 cm³/mol. The summed E-state index contributed by atoms with van der Waals surface area (Å²) in [4.78, 5) is 43.1. The lowest BCUT2D eigenvalue weighted by atomic mass is 10.2. The summed E-state index contributed by atoms with van der Waals surface area (Å²) in [5.41, 5.74) is -0.0197. The number of para-hydroxylation sites is 1. The smallest absolute Gasteiger partial charge is 0.345 e. The largest absolute Gasteiger partial charge is 0.462 e. The molecule has 0 saturated heterocycles. The van der Waals surface area contributed by atoms with Gasteiger partial charge in [0.15, 0.2) is 5.16 Å². The van der Waals surface area contributed by atoms with Crippen molar-refractivity contribution in [1.29, 1.82) is 0 Å². The standard InChI is InChI=1S/C18H21N3O4S/c1-4-20(13-9-7-6-8-10-13)15(22)12-21-16(23)14(17(24)25-5-2)11-19-18(21)26-3/h6-11H,4-5,12H2,1-3H3. The van der Waals surface area contributed by atoms with Gasteiger partial charge in [0.2, 0.25) is 5.91 Å². The van der Waals surface area contributed by atoms with Gasteiger partial charge in [-0.15, -0.1) is 0 Å². The molecule has 1 aromatic heterocycles. The molecular weight excluding hydrogens is 354 g/mol. The fourth-order valence-corrected chi connectivity index (χ4v) is 2.99. The first-order valence-corrected chi connectivity index (χ1v) is 9.42. The van der Waals surface area contributed by atoms with Gasteiger partial charge in [0.1, 0.15) is 12.1 Å². The molecule has 2 aromatic rings. The number of rotatable bonds is 7. The molecule has 0 aliphatic carbocycles. The second kappa shape index (κ2) is 9.19. The molecule has 0 radical (unpaired) electrons. The van der Waals surface area contributed by atoms with Gasteiger partial charge in [-0.2, -0.15) is 0 Å². The van der Waals surface area contributed by atoms with Crippen LogP contribution in [0.25, 0.3) is 0 Å². The maximum absolute atomic E-state index is 12.8. The van der Waals surface area contributed by atoms with Crippen molar-refractivity contribution in [2.45, 2.75) is 25.5 Å². The molecule has 0 fully saturated rings. The van der Waals surface area contributed by atoms with Gasteiger partial charge in [-0.25, -0.2) is 9.78 Å². The number of aromatic nitrogens is 2. The van der Waals surface area contributed by atoms with Crippen LogP contribution in [-0.2, 0) is 16.1 Å². The average molecular weight is 375 g/mol. The van der Waals surface area contributed by atoms with E-state index in [0.717, 1.165) is 5.69 Å². The molecule has 0 atom stereocenters. The van der Waals surface area contributed by atoms with E-state index in [0.29, 0.717) is 11.7 Å². The molecule has 8 heteroatoms. The summed E-state index contributed by atoms with van der Waals surface area (Å²) in [5, 5.41) is 0.362. The van der Waals surface area contributed by atoms with Crippen molar-refractivity contribution in [3.63, 3.8) is 0 Å². The van der Waals surface area contributed by atoms with E-state index in [9.17, 15) is 14.4 Å². The van der Waals surface area contributed by atoms with Crippen molar-refractivity contribution in [3.8, 4) is 0 Å². The number of nitrogens with zero attached hydrogens (tertiary/aromatic N) is 3. The topological polar surface area (TPSA) is 81.5 Å². The second-order valence-corrected chi connectivity index (χ2v) is 6.02. The van der Waals surface area contributed by atoms with Gasteiger partial charge in [0.05, 0.1) is 12.8 Å². The maximum atomic E-state index is 12.8. The highest BCUT2D eigenvalue weighted by atomic mass is 32.2. The minimum Gasteiger partial charge on any atom is -0.462 e. The first-order valence-electron chi connectivity index (χ1n) is 8.19. The van der Waals surface area contributed by atoms with Gasteiger partial charge in [0, 0.05) is 12.2 Å². The van der Waals surface area contributed by atoms with Crippen LogP contribution >= 0.6 is 11.8 Å². The zero-order chi connectivity index (χ0) is 19.1. The summed E-state index contributed by atoms with van der Waals surface area (Å²) >= 11 is 1.23. The molecule has 7 nitrogen and oxygen atoms in total. The van der Waals surface area contributed by atoms with Crippen LogP contribution in [-0.4, -0.2) is 40.8 Å². The third-order valence-electron chi connectivity index (χ3n) is 3.67. The molecule has 0 aliphatic heterocycles.